The van der Waals surface area contributed by atoms with Crippen LogP contribution in [0.5, 0.6) is 0 Å². The number of carbonyl (C=O) groups is 1. The Morgan fingerprint density at radius 1 is 1.33 bits per heavy atom. The van der Waals surface area contributed by atoms with Crippen molar-refractivity contribution in [3.63, 3.8) is 0 Å². The molecule has 0 unspecified atom stereocenters. The number of H-pyrrole nitrogens is 1. The fraction of sp³-hybridized carbons (Fsp3) is 0.214. The van der Waals surface area contributed by atoms with E-state index in [0.717, 1.165) is 27.6 Å². The Labute approximate surface area is 138 Å². The van der Waals surface area contributed by atoms with Gasteiger partial charge in [-0.15, -0.1) is 5.10 Å². The monoisotopic (exact) mass is 348 g/mol. The van der Waals surface area contributed by atoms with Gasteiger partial charge in [0, 0.05) is 22.3 Å². The van der Waals surface area contributed by atoms with E-state index < -0.39 is 10.0 Å². The van der Waals surface area contributed by atoms with E-state index in [0.29, 0.717) is 5.69 Å². The molecule has 24 heavy (non-hydrogen) atoms. The van der Waals surface area contributed by atoms with Crippen LogP contribution in [-0.2, 0) is 21.4 Å². The van der Waals surface area contributed by atoms with Gasteiger partial charge in [0.1, 0.15) is 6.54 Å². The molecular weight excluding hydrogens is 332 g/mol. The molecule has 0 atom stereocenters. The van der Waals surface area contributed by atoms with Gasteiger partial charge in [-0.25, -0.2) is 8.42 Å². The molecule has 0 bridgehead atoms. The highest BCUT2D eigenvalue weighted by molar-refractivity contribution is 7.92. The molecule has 0 spiro atoms. The topological polar surface area (TPSA) is 122 Å². The Hall–Kier alpha value is -2.88. The van der Waals surface area contributed by atoms with E-state index in [1.165, 1.54) is 6.20 Å². The molecule has 0 aliphatic rings. The van der Waals surface area contributed by atoms with Crippen LogP contribution in [0.3, 0.4) is 0 Å². The molecule has 3 aromatic rings. The third-order valence-electron chi connectivity index (χ3n) is 3.15. The average Bonchev–Trinajstić information content (AvgIpc) is 3.01. The zero-order valence-corrected chi connectivity index (χ0v) is 13.9. The molecule has 2 aromatic heterocycles. The molecule has 0 saturated carbocycles. The number of nitrogens with one attached hydrogen (secondary N) is 3. The van der Waals surface area contributed by atoms with Gasteiger partial charge in [-0.2, -0.15) is 9.90 Å². The zero-order valence-electron chi connectivity index (χ0n) is 13.1. The fourth-order valence-corrected chi connectivity index (χ4v) is 2.77. The number of carbonyl (C=O) groups excluding carboxylic acids is 1. The Morgan fingerprint density at radius 2 is 2.12 bits per heavy atom. The van der Waals surface area contributed by atoms with Gasteiger partial charge in [0.2, 0.25) is 15.9 Å². The number of aryl methyl sites for hydroxylation is 1. The Kier molecular flexibility index (Phi) is 3.97. The number of hydrogen-bond donors (Lipinski definition) is 3. The van der Waals surface area contributed by atoms with Crippen LogP contribution in [0.2, 0.25) is 0 Å². The first-order valence-corrected chi connectivity index (χ1v) is 8.95. The first-order valence-electron chi connectivity index (χ1n) is 7.06. The third-order valence-corrected chi connectivity index (χ3v) is 3.73. The maximum atomic E-state index is 12.1. The van der Waals surface area contributed by atoms with Crippen molar-refractivity contribution in [1.82, 2.24) is 20.0 Å². The van der Waals surface area contributed by atoms with Crippen LogP contribution in [0.4, 0.5) is 11.5 Å². The minimum absolute atomic E-state index is 0.0644. The van der Waals surface area contributed by atoms with E-state index in [1.807, 2.05) is 25.1 Å². The molecule has 10 heteroatoms. The number of hydrogen-bond acceptors (Lipinski definition) is 5. The predicted octanol–water partition coefficient (Wildman–Crippen LogP) is 1.08. The Balaban J connectivity index is 1.66. The molecule has 0 aliphatic heterocycles. The first kappa shape index (κ1) is 16.0. The Bertz CT molecular complexity index is 1000. The summed E-state index contributed by atoms with van der Waals surface area (Å²) in [5.41, 5.74) is 2.70. The fourth-order valence-electron chi connectivity index (χ4n) is 2.29. The molecule has 1 amide bonds. The molecule has 0 fully saturated rings. The molecular formula is C14H16N6O3S. The molecule has 0 radical (unpaired) electrons. The second kappa shape index (κ2) is 5.96. The number of aromatic nitrogens is 4. The van der Waals surface area contributed by atoms with Gasteiger partial charge in [-0.1, -0.05) is 0 Å². The predicted molar refractivity (Wildman–Crippen MR) is 90.2 cm³/mol. The standard InChI is InChI=1S/C14H16N6O3S/c1-9-5-10-6-11(3-4-12(10)16-9)17-14(21)8-20-15-7-13(18-20)19-24(2,22)23/h3-7,16H,8H2,1-2H3,(H,17,21)(H,18,19). The van der Waals surface area contributed by atoms with Crippen LogP contribution in [0, 0.1) is 6.92 Å². The van der Waals surface area contributed by atoms with Gasteiger partial charge >= 0.3 is 0 Å². The van der Waals surface area contributed by atoms with Crippen LogP contribution in [0.25, 0.3) is 10.9 Å². The smallest absolute Gasteiger partial charge is 0.247 e. The van der Waals surface area contributed by atoms with Crippen molar-refractivity contribution in [2.75, 3.05) is 16.3 Å². The Morgan fingerprint density at radius 3 is 2.88 bits per heavy atom. The van der Waals surface area contributed by atoms with Gasteiger partial charge in [-0.05, 0) is 31.2 Å². The normalized spacial score (nSPS) is 11.6. The molecule has 0 aliphatic carbocycles. The zero-order chi connectivity index (χ0) is 17.3. The van der Waals surface area contributed by atoms with Gasteiger partial charge in [0.05, 0.1) is 12.5 Å². The highest BCUT2D eigenvalue weighted by Gasteiger charge is 2.10. The van der Waals surface area contributed by atoms with Crippen molar-refractivity contribution in [1.29, 1.82) is 0 Å². The summed E-state index contributed by atoms with van der Waals surface area (Å²) in [5.74, 6) is -0.252. The molecule has 3 N–H and O–H groups in total. The van der Waals surface area contributed by atoms with Crippen molar-refractivity contribution in [2.45, 2.75) is 13.5 Å². The lowest BCUT2D eigenvalue weighted by Gasteiger charge is -2.05. The number of anilines is 2. The van der Waals surface area contributed by atoms with E-state index in [-0.39, 0.29) is 18.3 Å². The SMILES string of the molecule is Cc1cc2cc(NC(=O)Cn3ncc(NS(C)(=O)=O)n3)ccc2[nH]1. The summed E-state index contributed by atoms with van der Waals surface area (Å²) >= 11 is 0. The van der Waals surface area contributed by atoms with Crippen molar-refractivity contribution in [3.8, 4) is 0 Å². The quantitative estimate of drug-likeness (QED) is 0.637. The summed E-state index contributed by atoms with van der Waals surface area (Å²) in [6.45, 7) is 1.83. The lowest BCUT2D eigenvalue weighted by Crippen LogP contribution is -2.20. The van der Waals surface area contributed by atoms with E-state index in [9.17, 15) is 13.2 Å². The van der Waals surface area contributed by atoms with Crippen molar-refractivity contribution >= 4 is 38.3 Å². The molecule has 126 valence electrons. The van der Waals surface area contributed by atoms with Crippen LogP contribution < -0.4 is 10.0 Å². The van der Waals surface area contributed by atoms with E-state index >= 15 is 0 Å². The van der Waals surface area contributed by atoms with E-state index in [4.69, 9.17) is 0 Å². The number of sulfonamides is 1. The van der Waals surface area contributed by atoms with E-state index in [2.05, 4.69) is 25.2 Å². The maximum absolute atomic E-state index is 12.1. The van der Waals surface area contributed by atoms with Crippen LogP contribution in [0.1, 0.15) is 5.69 Å². The number of benzene rings is 1. The highest BCUT2D eigenvalue weighted by atomic mass is 32.2. The summed E-state index contributed by atoms with van der Waals surface area (Å²) in [6.07, 6.45) is 2.25. The largest absolute Gasteiger partial charge is 0.359 e. The second-order valence-corrected chi connectivity index (χ2v) is 7.19. The number of aromatic amines is 1. The third kappa shape index (κ3) is 3.90. The second-order valence-electron chi connectivity index (χ2n) is 5.44. The number of amides is 1. The van der Waals surface area contributed by atoms with Crippen molar-refractivity contribution in [2.24, 2.45) is 0 Å². The number of rotatable bonds is 5. The molecule has 2 heterocycles. The van der Waals surface area contributed by atoms with Gasteiger partial charge < -0.3 is 10.3 Å². The number of fused-ring (bicyclic) bond motifs is 1. The van der Waals surface area contributed by atoms with Gasteiger partial charge in [0.25, 0.3) is 0 Å². The lowest BCUT2D eigenvalue weighted by atomic mass is 10.2. The molecule has 3 rings (SSSR count). The van der Waals surface area contributed by atoms with Crippen LogP contribution >= 0.6 is 0 Å². The van der Waals surface area contributed by atoms with Crippen molar-refractivity contribution in [3.05, 3.63) is 36.2 Å². The van der Waals surface area contributed by atoms with Gasteiger partial charge in [-0.3, -0.25) is 9.52 Å². The summed E-state index contributed by atoms with van der Waals surface area (Å²) in [7, 11) is -3.43. The molecule has 0 saturated heterocycles. The summed E-state index contributed by atoms with van der Waals surface area (Å²) in [4.78, 5) is 16.4. The molecule has 1 aromatic carbocycles. The van der Waals surface area contributed by atoms with Crippen LogP contribution in [-0.4, -0.2) is 40.6 Å². The summed E-state index contributed by atoms with van der Waals surface area (Å²) in [6, 6.07) is 7.54. The van der Waals surface area contributed by atoms with E-state index in [1.54, 1.807) is 6.07 Å². The van der Waals surface area contributed by atoms with Crippen molar-refractivity contribution < 1.29 is 13.2 Å². The highest BCUT2D eigenvalue weighted by Crippen LogP contribution is 2.19. The summed E-state index contributed by atoms with van der Waals surface area (Å²) in [5, 5.41) is 11.5. The van der Waals surface area contributed by atoms with Crippen LogP contribution in [0.15, 0.2) is 30.5 Å². The molecule has 9 nitrogen and oxygen atoms in total. The first-order chi connectivity index (χ1) is 11.3. The van der Waals surface area contributed by atoms with Gasteiger partial charge in [0.15, 0.2) is 5.82 Å². The number of nitrogens with zero attached hydrogens (tertiary/aromatic N) is 3. The summed E-state index contributed by atoms with van der Waals surface area (Å²) < 4.78 is 24.4. The average molecular weight is 348 g/mol. The lowest BCUT2D eigenvalue weighted by molar-refractivity contribution is -0.117. The maximum Gasteiger partial charge on any atom is 0.247 e. The minimum Gasteiger partial charge on any atom is -0.359 e. The minimum atomic E-state index is -3.43.